The van der Waals surface area contributed by atoms with E-state index in [1.54, 1.807) is 37.3 Å². The highest BCUT2D eigenvalue weighted by Gasteiger charge is 2.21. The lowest BCUT2D eigenvalue weighted by Crippen LogP contribution is -2.13. The number of nitrogens with one attached hydrogen (secondary N) is 1. The van der Waals surface area contributed by atoms with Crippen LogP contribution in [0.2, 0.25) is 0 Å². The number of fused-ring (bicyclic) bond motifs is 2. The molecule has 11 heteroatoms. The number of benzene rings is 3. The van der Waals surface area contributed by atoms with Gasteiger partial charge in [-0.25, -0.2) is 9.97 Å². The predicted octanol–water partition coefficient (Wildman–Crippen LogP) is 6.32. The van der Waals surface area contributed by atoms with E-state index in [0.29, 0.717) is 32.0 Å². The molecule has 5 aromatic rings. The molecule has 2 heterocycles. The summed E-state index contributed by atoms with van der Waals surface area (Å²) in [4.78, 5) is 21.7. The molecule has 0 spiro atoms. The lowest BCUT2D eigenvalue weighted by atomic mass is 10.2. The Bertz CT molecular complexity index is 1920. The first-order valence-corrected chi connectivity index (χ1v) is 14.7. The molecule has 2 aromatic heterocycles. The smallest absolute Gasteiger partial charge is 0.296 e. The summed E-state index contributed by atoms with van der Waals surface area (Å²) in [6.45, 7) is 5.25. The first-order chi connectivity index (χ1) is 18.7. The Morgan fingerprint density at radius 2 is 1.67 bits per heavy atom. The van der Waals surface area contributed by atoms with Crippen molar-refractivity contribution in [1.82, 2.24) is 9.97 Å². The summed E-state index contributed by atoms with van der Waals surface area (Å²) in [5.74, 6) is -0.300. The number of allylic oxidation sites excluding steroid dienone is 2. The van der Waals surface area contributed by atoms with Crippen molar-refractivity contribution >= 4 is 64.8 Å². The lowest BCUT2D eigenvalue weighted by Gasteiger charge is -2.06. The molecule has 39 heavy (non-hydrogen) atoms. The van der Waals surface area contributed by atoms with E-state index in [-0.39, 0.29) is 10.8 Å². The van der Waals surface area contributed by atoms with Gasteiger partial charge in [-0.1, -0.05) is 18.7 Å². The van der Waals surface area contributed by atoms with Crippen LogP contribution < -0.4 is 11.1 Å². The van der Waals surface area contributed by atoms with Gasteiger partial charge in [0, 0.05) is 22.4 Å². The second kappa shape index (κ2) is 10.5. The van der Waals surface area contributed by atoms with Gasteiger partial charge in [-0.3, -0.25) is 9.35 Å². The number of thiazole rings is 2. The van der Waals surface area contributed by atoms with Crippen molar-refractivity contribution in [2.45, 2.75) is 11.8 Å². The predicted molar refractivity (Wildman–Crippen MR) is 158 cm³/mol. The molecule has 0 aliphatic rings. The molecule has 0 fully saturated rings. The summed E-state index contributed by atoms with van der Waals surface area (Å²) in [7, 11) is -4.39. The van der Waals surface area contributed by atoms with Crippen molar-refractivity contribution in [3.05, 3.63) is 96.7 Å². The number of hydrogen-bond donors (Lipinski definition) is 3. The van der Waals surface area contributed by atoms with Crippen LogP contribution in [0.4, 0.5) is 5.69 Å². The highest BCUT2D eigenvalue weighted by atomic mass is 32.2. The third kappa shape index (κ3) is 5.38. The molecule has 0 atom stereocenters. The Morgan fingerprint density at radius 1 is 1.00 bits per heavy atom. The summed E-state index contributed by atoms with van der Waals surface area (Å²) in [5.41, 5.74) is 9.95. The van der Waals surface area contributed by atoms with E-state index < -0.39 is 10.1 Å². The number of carbonyl (C=O) groups is 1. The highest BCUT2D eigenvalue weighted by Crippen LogP contribution is 2.38. The van der Waals surface area contributed by atoms with Crippen molar-refractivity contribution < 1.29 is 17.8 Å². The van der Waals surface area contributed by atoms with Gasteiger partial charge in [-0.05, 0) is 79.4 Å². The van der Waals surface area contributed by atoms with Crippen molar-refractivity contribution in [3.8, 4) is 21.1 Å². The fourth-order valence-corrected chi connectivity index (χ4v) is 7.35. The van der Waals surface area contributed by atoms with Crippen LogP contribution in [-0.2, 0) is 14.9 Å². The van der Waals surface area contributed by atoms with Crippen LogP contribution in [0.3, 0.4) is 0 Å². The van der Waals surface area contributed by atoms with Crippen molar-refractivity contribution in [1.29, 1.82) is 0 Å². The third-order valence-electron chi connectivity index (χ3n) is 5.83. The summed E-state index contributed by atoms with van der Waals surface area (Å²) < 4.78 is 35.1. The molecular weight excluding hydrogens is 553 g/mol. The van der Waals surface area contributed by atoms with Gasteiger partial charge in [0.2, 0.25) is 0 Å². The molecule has 0 saturated carbocycles. The number of carbonyl (C=O) groups excluding carboxylic acids is 1. The SMILES string of the molecule is C=C/C=C(\C=C/N)C(=O)Nc1ccc(-c2nc3ccc(-c4nc5ccc(C)c(S(=O)(=O)O)c5s4)cc3s2)cc1. The van der Waals surface area contributed by atoms with Gasteiger partial charge in [0.15, 0.2) is 0 Å². The van der Waals surface area contributed by atoms with Crippen LogP contribution in [0.25, 0.3) is 41.6 Å². The van der Waals surface area contributed by atoms with Gasteiger partial charge in [0.25, 0.3) is 16.0 Å². The first-order valence-electron chi connectivity index (χ1n) is 11.6. The van der Waals surface area contributed by atoms with Gasteiger partial charge >= 0.3 is 0 Å². The molecule has 8 nitrogen and oxygen atoms in total. The van der Waals surface area contributed by atoms with Crippen LogP contribution in [0.5, 0.6) is 0 Å². The maximum atomic E-state index is 12.5. The molecule has 4 N–H and O–H groups in total. The van der Waals surface area contributed by atoms with Crippen LogP contribution in [0.15, 0.2) is 96.1 Å². The number of aromatic nitrogens is 2. The Kier molecular flexibility index (Phi) is 7.15. The maximum absolute atomic E-state index is 12.5. The fraction of sp³-hybridized carbons (Fsp3) is 0.0357. The molecular formula is C28H22N4O4S3. The Labute approximate surface area is 232 Å². The Morgan fingerprint density at radius 3 is 2.36 bits per heavy atom. The molecule has 1 amide bonds. The van der Waals surface area contributed by atoms with Crippen LogP contribution in [0.1, 0.15) is 5.56 Å². The fourth-order valence-electron chi connectivity index (χ4n) is 4.03. The summed E-state index contributed by atoms with van der Waals surface area (Å²) in [6.07, 6.45) is 5.89. The summed E-state index contributed by atoms with van der Waals surface area (Å²) in [5, 5.41) is 4.29. The van der Waals surface area contributed by atoms with Gasteiger partial charge in [-0.15, -0.1) is 22.7 Å². The summed E-state index contributed by atoms with van der Waals surface area (Å²) in [6, 6.07) is 16.5. The van der Waals surface area contributed by atoms with Gasteiger partial charge < -0.3 is 11.1 Å². The number of rotatable bonds is 7. The number of amides is 1. The van der Waals surface area contributed by atoms with Crippen molar-refractivity contribution in [2.24, 2.45) is 5.73 Å². The second-order valence-corrected chi connectivity index (χ2v) is 11.9. The maximum Gasteiger partial charge on any atom is 0.296 e. The van der Waals surface area contributed by atoms with E-state index >= 15 is 0 Å². The minimum absolute atomic E-state index is 0.103. The standard InChI is InChI=1S/C28H22N4O4S3/c1-3-4-17(13-14-29)26(33)30-20-9-6-18(7-10-20)27-31-21-12-8-19(15-23(21)37-27)28-32-22-11-5-16(2)25(24(22)38-28)39(34,35)36/h3-15H,1,29H2,2H3,(H,30,33)(H,34,35,36)/b14-13-,17-4+. The molecule has 5 rings (SSSR count). The second-order valence-electron chi connectivity index (χ2n) is 8.50. The van der Waals surface area contributed by atoms with Gasteiger partial charge in [0.05, 0.1) is 20.4 Å². The summed E-state index contributed by atoms with van der Waals surface area (Å²) >= 11 is 2.74. The number of aryl methyl sites for hydroxylation is 1. The van der Waals surface area contributed by atoms with Gasteiger partial charge in [-0.2, -0.15) is 8.42 Å². The Hall–Kier alpha value is -4.16. The molecule has 0 saturated heterocycles. The number of anilines is 1. The number of nitrogens with zero attached hydrogens (tertiary/aromatic N) is 2. The van der Waals surface area contributed by atoms with E-state index in [0.717, 1.165) is 26.4 Å². The average Bonchev–Trinajstić information content (AvgIpc) is 3.52. The molecule has 3 aromatic carbocycles. The van der Waals surface area contributed by atoms with Crippen LogP contribution >= 0.6 is 22.7 Å². The zero-order valence-electron chi connectivity index (χ0n) is 20.6. The van der Waals surface area contributed by atoms with E-state index in [1.807, 2.05) is 30.3 Å². The quantitative estimate of drug-likeness (QED) is 0.118. The molecule has 0 unspecified atom stereocenters. The molecule has 0 radical (unpaired) electrons. The molecule has 0 bridgehead atoms. The monoisotopic (exact) mass is 574 g/mol. The number of hydrogen-bond acceptors (Lipinski definition) is 8. The third-order valence-corrected chi connectivity index (χ3v) is 9.20. The first kappa shape index (κ1) is 26.4. The minimum Gasteiger partial charge on any atom is -0.405 e. The zero-order chi connectivity index (χ0) is 27.7. The molecule has 0 aliphatic heterocycles. The van der Waals surface area contributed by atoms with Gasteiger partial charge in [0.1, 0.15) is 14.9 Å². The minimum atomic E-state index is -4.39. The average molecular weight is 575 g/mol. The van der Waals surface area contributed by atoms with E-state index in [9.17, 15) is 17.8 Å². The Balaban J connectivity index is 1.43. The van der Waals surface area contributed by atoms with Crippen LogP contribution in [0, 0.1) is 6.92 Å². The molecule has 196 valence electrons. The lowest BCUT2D eigenvalue weighted by molar-refractivity contribution is -0.112. The largest absolute Gasteiger partial charge is 0.405 e. The zero-order valence-corrected chi connectivity index (χ0v) is 23.0. The van der Waals surface area contributed by atoms with Crippen molar-refractivity contribution in [2.75, 3.05) is 5.32 Å². The highest BCUT2D eigenvalue weighted by molar-refractivity contribution is 7.86. The van der Waals surface area contributed by atoms with E-state index in [1.165, 1.54) is 41.0 Å². The van der Waals surface area contributed by atoms with Crippen molar-refractivity contribution in [3.63, 3.8) is 0 Å². The number of nitrogens with two attached hydrogens (primary N) is 1. The molecule has 0 aliphatic carbocycles. The topological polar surface area (TPSA) is 135 Å². The van der Waals surface area contributed by atoms with E-state index in [2.05, 4.69) is 16.9 Å². The van der Waals surface area contributed by atoms with Crippen LogP contribution in [-0.4, -0.2) is 28.8 Å². The van der Waals surface area contributed by atoms with E-state index in [4.69, 9.17) is 10.7 Å². The normalized spacial score (nSPS) is 12.4.